The second-order valence-electron chi connectivity index (χ2n) is 4.61. The normalized spacial score (nSPS) is 13.1. The first-order valence-corrected chi connectivity index (χ1v) is 6.71. The Morgan fingerprint density at radius 1 is 1.40 bits per heavy atom. The van der Waals surface area contributed by atoms with Crippen LogP contribution in [0.15, 0.2) is 29.4 Å². The van der Waals surface area contributed by atoms with Gasteiger partial charge in [-0.2, -0.15) is 0 Å². The number of carboxylic acid groups (broad SMARTS) is 1. The highest BCUT2D eigenvalue weighted by molar-refractivity contribution is 5.98. The lowest BCUT2D eigenvalue weighted by atomic mass is 10.0. The van der Waals surface area contributed by atoms with Gasteiger partial charge in [0.1, 0.15) is 13.2 Å². The first kappa shape index (κ1) is 16.2. The van der Waals surface area contributed by atoms with Crippen molar-refractivity contribution >= 4 is 11.7 Å². The SMILES string of the molecule is CCCNC(Cc1ccc(/C(C)=N\OC)cc1)C(=O)O. The van der Waals surface area contributed by atoms with E-state index in [1.807, 2.05) is 38.1 Å². The molecule has 0 radical (unpaired) electrons. The maximum absolute atomic E-state index is 11.2. The minimum absolute atomic E-state index is 0.468. The van der Waals surface area contributed by atoms with Gasteiger partial charge < -0.3 is 15.3 Å². The third-order valence-corrected chi connectivity index (χ3v) is 2.98. The van der Waals surface area contributed by atoms with Crippen LogP contribution in [-0.2, 0) is 16.1 Å². The van der Waals surface area contributed by atoms with Gasteiger partial charge in [-0.15, -0.1) is 0 Å². The van der Waals surface area contributed by atoms with Crippen LogP contribution < -0.4 is 5.32 Å². The number of nitrogens with zero attached hydrogens (tertiary/aromatic N) is 1. The van der Waals surface area contributed by atoms with E-state index in [9.17, 15) is 9.90 Å². The van der Waals surface area contributed by atoms with Crippen molar-refractivity contribution in [1.29, 1.82) is 0 Å². The molecule has 0 aliphatic heterocycles. The summed E-state index contributed by atoms with van der Waals surface area (Å²) in [5.74, 6) is -0.820. The number of rotatable bonds is 8. The molecule has 20 heavy (non-hydrogen) atoms. The molecule has 0 amide bonds. The van der Waals surface area contributed by atoms with Gasteiger partial charge in [-0.1, -0.05) is 36.3 Å². The van der Waals surface area contributed by atoms with E-state index in [1.165, 1.54) is 7.11 Å². The van der Waals surface area contributed by atoms with Crippen molar-refractivity contribution in [3.63, 3.8) is 0 Å². The molecule has 0 saturated heterocycles. The van der Waals surface area contributed by atoms with Crippen molar-refractivity contribution < 1.29 is 14.7 Å². The fourth-order valence-corrected chi connectivity index (χ4v) is 1.87. The minimum Gasteiger partial charge on any atom is -0.480 e. The van der Waals surface area contributed by atoms with Crippen molar-refractivity contribution in [2.45, 2.75) is 32.7 Å². The fraction of sp³-hybridized carbons (Fsp3) is 0.467. The summed E-state index contributed by atoms with van der Waals surface area (Å²) in [6, 6.07) is 7.15. The van der Waals surface area contributed by atoms with Gasteiger partial charge in [-0.25, -0.2) is 0 Å². The van der Waals surface area contributed by atoms with E-state index in [2.05, 4.69) is 10.5 Å². The Kier molecular flexibility index (Phi) is 6.73. The highest BCUT2D eigenvalue weighted by Crippen LogP contribution is 2.09. The summed E-state index contributed by atoms with van der Waals surface area (Å²) >= 11 is 0. The Labute approximate surface area is 119 Å². The lowest BCUT2D eigenvalue weighted by molar-refractivity contribution is -0.139. The van der Waals surface area contributed by atoms with Crippen molar-refractivity contribution in [2.24, 2.45) is 5.16 Å². The van der Waals surface area contributed by atoms with Gasteiger partial charge in [0.15, 0.2) is 0 Å². The molecule has 1 unspecified atom stereocenters. The molecule has 5 nitrogen and oxygen atoms in total. The van der Waals surface area contributed by atoms with Crippen LogP contribution in [0.1, 0.15) is 31.4 Å². The molecule has 0 bridgehead atoms. The van der Waals surface area contributed by atoms with Crippen molar-refractivity contribution in [1.82, 2.24) is 5.32 Å². The van der Waals surface area contributed by atoms with Crippen molar-refractivity contribution in [3.8, 4) is 0 Å². The second kappa shape index (κ2) is 8.32. The highest BCUT2D eigenvalue weighted by Gasteiger charge is 2.16. The van der Waals surface area contributed by atoms with Crippen molar-refractivity contribution in [3.05, 3.63) is 35.4 Å². The van der Waals surface area contributed by atoms with E-state index < -0.39 is 12.0 Å². The Hall–Kier alpha value is -1.88. The van der Waals surface area contributed by atoms with E-state index in [1.54, 1.807) is 0 Å². The molecule has 110 valence electrons. The summed E-state index contributed by atoms with van der Waals surface area (Å²) < 4.78 is 0. The van der Waals surface area contributed by atoms with Gasteiger partial charge in [-0.3, -0.25) is 4.79 Å². The van der Waals surface area contributed by atoms with Gasteiger partial charge >= 0.3 is 5.97 Å². The van der Waals surface area contributed by atoms with Crippen LogP contribution >= 0.6 is 0 Å². The van der Waals surface area contributed by atoms with E-state index in [0.717, 1.165) is 23.3 Å². The number of carboxylic acids is 1. The van der Waals surface area contributed by atoms with Gasteiger partial charge in [0.2, 0.25) is 0 Å². The molecule has 1 atom stereocenters. The molecule has 0 aliphatic rings. The standard InChI is InChI=1S/C15H22N2O3/c1-4-9-16-14(15(18)19)10-12-5-7-13(8-6-12)11(2)17-20-3/h5-8,14,16H,4,9-10H2,1-3H3,(H,18,19)/b17-11-. The smallest absolute Gasteiger partial charge is 0.321 e. The first-order valence-electron chi connectivity index (χ1n) is 6.71. The summed E-state index contributed by atoms with van der Waals surface area (Å²) in [5, 5.41) is 16.1. The van der Waals surface area contributed by atoms with Gasteiger partial charge in [-0.05, 0) is 37.4 Å². The quantitative estimate of drug-likeness (QED) is 0.564. The summed E-state index contributed by atoms with van der Waals surface area (Å²) in [6.07, 6.45) is 1.38. The Balaban J connectivity index is 2.72. The number of nitrogens with one attached hydrogen (secondary N) is 1. The molecule has 0 spiro atoms. The molecule has 5 heteroatoms. The lowest BCUT2D eigenvalue weighted by Crippen LogP contribution is -2.38. The third kappa shape index (κ3) is 5.01. The maximum atomic E-state index is 11.2. The number of benzene rings is 1. The zero-order chi connectivity index (χ0) is 15.0. The highest BCUT2D eigenvalue weighted by atomic mass is 16.6. The average Bonchev–Trinajstić information content (AvgIpc) is 2.44. The molecule has 1 aromatic carbocycles. The van der Waals surface area contributed by atoms with Gasteiger partial charge in [0, 0.05) is 0 Å². The monoisotopic (exact) mass is 278 g/mol. The molecular formula is C15H22N2O3. The maximum Gasteiger partial charge on any atom is 0.321 e. The van der Waals surface area contributed by atoms with Crippen LogP contribution in [0.4, 0.5) is 0 Å². The summed E-state index contributed by atoms with van der Waals surface area (Å²) in [4.78, 5) is 15.9. The zero-order valence-electron chi connectivity index (χ0n) is 12.2. The molecule has 0 aromatic heterocycles. The number of carbonyl (C=O) groups is 1. The van der Waals surface area contributed by atoms with Crippen molar-refractivity contribution in [2.75, 3.05) is 13.7 Å². The predicted octanol–water partition coefficient (Wildman–Crippen LogP) is 2.05. The predicted molar refractivity (Wildman–Crippen MR) is 79.1 cm³/mol. The first-order chi connectivity index (χ1) is 9.58. The third-order valence-electron chi connectivity index (χ3n) is 2.98. The number of aliphatic carboxylic acids is 1. The molecule has 0 heterocycles. The molecule has 1 aromatic rings. The van der Waals surface area contributed by atoms with Crippen LogP contribution in [0, 0.1) is 0 Å². The van der Waals surface area contributed by atoms with Crippen LogP contribution in [0.2, 0.25) is 0 Å². The number of hydrogen-bond donors (Lipinski definition) is 2. The lowest BCUT2D eigenvalue weighted by Gasteiger charge is -2.14. The zero-order valence-corrected chi connectivity index (χ0v) is 12.2. The van der Waals surface area contributed by atoms with Crippen LogP contribution in [-0.4, -0.2) is 36.5 Å². The van der Waals surface area contributed by atoms with E-state index >= 15 is 0 Å². The largest absolute Gasteiger partial charge is 0.480 e. The number of oxime groups is 1. The fourth-order valence-electron chi connectivity index (χ4n) is 1.87. The summed E-state index contributed by atoms with van der Waals surface area (Å²) in [6.45, 7) is 4.58. The Morgan fingerprint density at radius 2 is 2.05 bits per heavy atom. The molecule has 0 aliphatic carbocycles. The van der Waals surface area contributed by atoms with E-state index in [0.29, 0.717) is 13.0 Å². The molecular weight excluding hydrogens is 256 g/mol. The Morgan fingerprint density at radius 3 is 2.55 bits per heavy atom. The van der Waals surface area contributed by atoms with Gasteiger partial charge in [0.05, 0.1) is 5.71 Å². The topological polar surface area (TPSA) is 70.9 Å². The summed E-state index contributed by atoms with van der Waals surface area (Å²) in [5.41, 5.74) is 2.73. The molecule has 0 fully saturated rings. The van der Waals surface area contributed by atoms with Crippen LogP contribution in [0.5, 0.6) is 0 Å². The molecule has 2 N–H and O–H groups in total. The van der Waals surface area contributed by atoms with Gasteiger partial charge in [0.25, 0.3) is 0 Å². The Bertz CT molecular complexity index is 455. The molecule has 0 saturated carbocycles. The van der Waals surface area contributed by atoms with Crippen LogP contribution in [0.3, 0.4) is 0 Å². The molecule has 1 rings (SSSR count). The average molecular weight is 278 g/mol. The van der Waals surface area contributed by atoms with E-state index in [-0.39, 0.29) is 0 Å². The second-order valence-corrected chi connectivity index (χ2v) is 4.61. The number of hydrogen-bond acceptors (Lipinski definition) is 4. The van der Waals surface area contributed by atoms with Crippen LogP contribution in [0.25, 0.3) is 0 Å². The van der Waals surface area contributed by atoms with E-state index in [4.69, 9.17) is 4.84 Å². The summed E-state index contributed by atoms with van der Waals surface area (Å²) in [7, 11) is 1.51. The minimum atomic E-state index is -0.820.